The number of alkyl halides is 1. The van der Waals surface area contributed by atoms with Gasteiger partial charge in [0.2, 0.25) is 0 Å². The largest absolute Gasteiger partial charge is 0.359 e. The molecule has 1 aliphatic heterocycles. The minimum atomic E-state index is -3.83. The molecule has 2 heterocycles. The molecular formula is C20H19ClN4O4S. The van der Waals surface area contributed by atoms with Crippen LogP contribution in [-0.2, 0) is 14.8 Å². The third-order valence-electron chi connectivity index (χ3n) is 4.97. The second-order valence-corrected chi connectivity index (χ2v) is 9.07. The van der Waals surface area contributed by atoms with Gasteiger partial charge in [0.05, 0.1) is 10.6 Å². The second-order valence-electron chi connectivity index (χ2n) is 6.92. The molecule has 0 bridgehead atoms. The van der Waals surface area contributed by atoms with Crippen molar-refractivity contribution in [1.29, 1.82) is 0 Å². The quantitative estimate of drug-likeness (QED) is 0.442. The van der Waals surface area contributed by atoms with E-state index < -0.39 is 15.4 Å². The molecule has 30 heavy (non-hydrogen) atoms. The summed E-state index contributed by atoms with van der Waals surface area (Å²) in [5, 5.41) is 4.51. The number of aromatic nitrogens is 1. The third kappa shape index (κ3) is 3.61. The fraction of sp³-hybridized carbons (Fsp3) is 0.200. The molecule has 0 radical (unpaired) electrons. The van der Waals surface area contributed by atoms with Gasteiger partial charge in [-0.15, -0.1) is 11.6 Å². The van der Waals surface area contributed by atoms with Crippen molar-refractivity contribution in [3.05, 3.63) is 71.5 Å². The number of carbonyl (C=O) groups is 1. The number of nitrogens with zero attached hydrogens (tertiary/aromatic N) is 2. The van der Waals surface area contributed by atoms with Gasteiger partial charge in [0.1, 0.15) is 17.2 Å². The van der Waals surface area contributed by atoms with E-state index in [1.54, 1.807) is 26.0 Å². The molecule has 0 spiro atoms. The summed E-state index contributed by atoms with van der Waals surface area (Å²) in [7, 11) is -3.83. The normalized spacial score (nSPS) is 18.8. The molecule has 0 aliphatic carbocycles. The Morgan fingerprint density at radius 2 is 1.73 bits per heavy atom. The van der Waals surface area contributed by atoms with Gasteiger partial charge in [0, 0.05) is 5.56 Å². The van der Waals surface area contributed by atoms with E-state index in [2.05, 4.69) is 15.3 Å². The van der Waals surface area contributed by atoms with Gasteiger partial charge in [-0.3, -0.25) is 14.9 Å². The number of hydrogen-bond donors (Lipinski definition) is 2. The lowest BCUT2D eigenvalue weighted by molar-refractivity contribution is -0.143. The number of aryl methyl sites for hydroxylation is 1. The number of rotatable bonds is 6. The Hall–Kier alpha value is -3.04. The maximum atomic E-state index is 12.6. The minimum Gasteiger partial charge on any atom is -0.359 e. The second kappa shape index (κ2) is 7.66. The summed E-state index contributed by atoms with van der Waals surface area (Å²) in [5.41, 5.74) is 5.09. The monoisotopic (exact) mass is 446 g/mol. The van der Waals surface area contributed by atoms with Gasteiger partial charge in [0.25, 0.3) is 15.9 Å². The number of carbonyl (C=O) groups excluding carboxylic acids is 1. The molecule has 8 nitrogen and oxygen atoms in total. The first-order valence-electron chi connectivity index (χ1n) is 9.12. The highest BCUT2D eigenvalue weighted by Crippen LogP contribution is 2.38. The fourth-order valence-corrected chi connectivity index (χ4v) is 4.51. The molecule has 156 valence electrons. The average molecular weight is 447 g/mol. The topological polar surface area (TPSA) is 105 Å². The standard InChI is InChI=1S/C20H19ClN4O4S/c1-12-13(2)29-23-19(12)24-30(27,28)16-10-8-15(9-11-16)22-25-18(17(21)20(25)26)14-6-4-3-5-7-14/h3-11,17-18,22H,1-2H3,(H,23,24). The van der Waals surface area contributed by atoms with E-state index in [1.165, 1.54) is 17.1 Å². The van der Waals surface area contributed by atoms with Crippen molar-refractivity contribution in [2.45, 2.75) is 30.2 Å². The number of halogens is 1. The highest BCUT2D eigenvalue weighted by molar-refractivity contribution is 7.92. The molecule has 1 fully saturated rings. The Bertz CT molecular complexity index is 1180. The van der Waals surface area contributed by atoms with Crippen LogP contribution in [0, 0.1) is 13.8 Å². The number of hydrogen-bond acceptors (Lipinski definition) is 6. The van der Waals surface area contributed by atoms with Crippen molar-refractivity contribution in [1.82, 2.24) is 10.2 Å². The number of nitrogens with one attached hydrogen (secondary N) is 2. The molecule has 4 rings (SSSR count). The van der Waals surface area contributed by atoms with Crippen LogP contribution in [0.2, 0.25) is 0 Å². The molecule has 2 atom stereocenters. The molecule has 1 amide bonds. The zero-order valence-corrected chi connectivity index (χ0v) is 17.7. The first-order chi connectivity index (χ1) is 14.3. The molecule has 3 aromatic rings. The summed E-state index contributed by atoms with van der Waals surface area (Å²) in [5.74, 6) is 0.442. The van der Waals surface area contributed by atoms with E-state index in [9.17, 15) is 13.2 Å². The maximum absolute atomic E-state index is 12.6. The Labute approximate surface area is 178 Å². The van der Waals surface area contributed by atoms with Crippen LogP contribution < -0.4 is 10.1 Å². The van der Waals surface area contributed by atoms with Crippen molar-refractivity contribution >= 4 is 39.0 Å². The van der Waals surface area contributed by atoms with Crippen LogP contribution in [-0.4, -0.2) is 29.9 Å². The van der Waals surface area contributed by atoms with Crippen LogP contribution in [0.3, 0.4) is 0 Å². The third-order valence-corrected chi connectivity index (χ3v) is 6.75. The number of sulfonamides is 1. The van der Waals surface area contributed by atoms with Gasteiger partial charge in [-0.25, -0.2) is 13.4 Å². The molecule has 2 aromatic carbocycles. The molecule has 0 saturated carbocycles. The van der Waals surface area contributed by atoms with Gasteiger partial charge in [-0.05, 0) is 43.7 Å². The van der Waals surface area contributed by atoms with Gasteiger partial charge >= 0.3 is 0 Å². The van der Waals surface area contributed by atoms with Crippen LogP contribution in [0.4, 0.5) is 11.5 Å². The SMILES string of the molecule is Cc1onc(NS(=O)(=O)c2ccc(NN3C(=O)C(Cl)C3c3ccccc3)cc2)c1C. The summed E-state index contributed by atoms with van der Waals surface area (Å²) in [6, 6.07) is 15.2. The Kier molecular flexibility index (Phi) is 5.17. The van der Waals surface area contributed by atoms with Crippen molar-refractivity contribution in [3.8, 4) is 0 Å². The average Bonchev–Trinajstić information content (AvgIpc) is 3.06. The number of hydrazine groups is 1. The van der Waals surface area contributed by atoms with Crippen LogP contribution in [0.1, 0.15) is 22.9 Å². The summed E-state index contributed by atoms with van der Waals surface area (Å²) >= 11 is 6.21. The zero-order chi connectivity index (χ0) is 21.5. The molecule has 10 heteroatoms. The van der Waals surface area contributed by atoms with Crippen molar-refractivity contribution in [2.75, 3.05) is 10.1 Å². The van der Waals surface area contributed by atoms with Gasteiger partial charge in [0.15, 0.2) is 5.82 Å². The number of amides is 1. The Morgan fingerprint density at radius 3 is 2.33 bits per heavy atom. The number of benzene rings is 2. The predicted molar refractivity (Wildman–Crippen MR) is 113 cm³/mol. The fourth-order valence-electron chi connectivity index (χ4n) is 3.09. The molecule has 1 aromatic heterocycles. The summed E-state index contributed by atoms with van der Waals surface area (Å²) in [6.45, 7) is 3.42. The van der Waals surface area contributed by atoms with Crippen molar-refractivity contribution < 1.29 is 17.7 Å². The van der Waals surface area contributed by atoms with E-state index in [0.29, 0.717) is 17.0 Å². The number of β-lactam (4-membered cyclic amide) rings is 1. The first-order valence-corrected chi connectivity index (χ1v) is 11.0. The highest BCUT2D eigenvalue weighted by atomic mass is 35.5. The lowest BCUT2D eigenvalue weighted by atomic mass is 9.95. The summed E-state index contributed by atoms with van der Waals surface area (Å²) < 4.78 is 32.6. The van der Waals surface area contributed by atoms with Gasteiger partial charge < -0.3 is 4.52 Å². The van der Waals surface area contributed by atoms with E-state index in [1.807, 2.05) is 30.3 Å². The van der Waals surface area contributed by atoms with Gasteiger partial charge in [-0.1, -0.05) is 35.5 Å². The van der Waals surface area contributed by atoms with Crippen LogP contribution >= 0.6 is 11.6 Å². The minimum absolute atomic E-state index is 0.0536. The summed E-state index contributed by atoms with van der Waals surface area (Å²) in [6.07, 6.45) is 0. The van der Waals surface area contributed by atoms with Crippen LogP contribution in [0.15, 0.2) is 64.0 Å². The Morgan fingerprint density at radius 1 is 1.07 bits per heavy atom. The molecule has 1 saturated heterocycles. The van der Waals surface area contributed by atoms with Crippen molar-refractivity contribution in [3.63, 3.8) is 0 Å². The van der Waals surface area contributed by atoms with E-state index in [-0.39, 0.29) is 22.7 Å². The molecule has 2 unspecified atom stereocenters. The predicted octanol–water partition coefficient (Wildman–Crippen LogP) is 3.61. The molecule has 2 N–H and O–H groups in total. The van der Waals surface area contributed by atoms with Crippen molar-refractivity contribution in [2.24, 2.45) is 0 Å². The van der Waals surface area contributed by atoms with E-state index in [4.69, 9.17) is 16.1 Å². The molecule has 1 aliphatic rings. The lowest BCUT2D eigenvalue weighted by Crippen LogP contribution is -2.58. The van der Waals surface area contributed by atoms with E-state index >= 15 is 0 Å². The van der Waals surface area contributed by atoms with Gasteiger partial charge in [-0.2, -0.15) is 0 Å². The van der Waals surface area contributed by atoms with Crippen LogP contribution in [0.5, 0.6) is 0 Å². The molecular weight excluding hydrogens is 428 g/mol. The first kappa shape index (κ1) is 20.2. The number of anilines is 2. The zero-order valence-electron chi connectivity index (χ0n) is 16.2. The lowest BCUT2D eigenvalue weighted by Gasteiger charge is -2.44. The maximum Gasteiger partial charge on any atom is 0.263 e. The highest BCUT2D eigenvalue weighted by Gasteiger charge is 2.47. The Balaban J connectivity index is 1.49. The van der Waals surface area contributed by atoms with Crippen LogP contribution in [0.25, 0.3) is 0 Å². The summed E-state index contributed by atoms with van der Waals surface area (Å²) in [4.78, 5) is 12.3. The van der Waals surface area contributed by atoms with E-state index in [0.717, 1.165) is 5.56 Å². The smallest absolute Gasteiger partial charge is 0.263 e.